The highest BCUT2D eigenvalue weighted by Crippen LogP contribution is 2.30. The fraction of sp³-hybridized carbons (Fsp3) is 0.400. The zero-order valence-electron chi connectivity index (χ0n) is 8.09. The molecule has 0 aliphatic heterocycles. The van der Waals surface area contributed by atoms with Crippen LogP contribution in [0.2, 0.25) is 0 Å². The summed E-state index contributed by atoms with van der Waals surface area (Å²) in [5, 5.41) is 4.19. The van der Waals surface area contributed by atoms with Gasteiger partial charge in [0.15, 0.2) is 5.82 Å². The second-order valence-electron chi connectivity index (χ2n) is 3.75. The maximum atomic E-state index is 4.41. The molecule has 2 aromatic heterocycles. The van der Waals surface area contributed by atoms with Crippen molar-refractivity contribution in [2.24, 2.45) is 0 Å². The van der Waals surface area contributed by atoms with Gasteiger partial charge in [-0.05, 0) is 18.9 Å². The van der Waals surface area contributed by atoms with Gasteiger partial charge in [0.2, 0.25) is 0 Å². The van der Waals surface area contributed by atoms with Crippen molar-refractivity contribution in [3.8, 4) is 0 Å². The lowest BCUT2D eigenvalue weighted by Crippen LogP contribution is -2.21. The molecule has 1 aliphatic carbocycles. The molecule has 0 aromatic carbocycles. The normalized spacial score (nSPS) is 16.1. The van der Waals surface area contributed by atoms with Crippen LogP contribution in [0.3, 0.4) is 0 Å². The molecule has 14 heavy (non-hydrogen) atoms. The Kier molecular flexibility index (Phi) is 1.50. The third-order valence-electron chi connectivity index (χ3n) is 2.73. The number of nitrogens with zero attached hydrogens (tertiary/aromatic N) is 4. The van der Waals surface area contributed by atoms with E-state index in [9.17, 15) is 0 Å². The van der Waals surface area contributed by atoms with E-state index < -0.39 is 0 Å². The molecule has 0 radical (unpaired) electrons. The molecule has 0 unspecified atom stereocenters. The van der Waals surface area contributed by atoms with Crippen LogP contribution < -0.4 is 4.90 Å². The van der Waals surface area contributed by atoms with Gasteiger partial charge in [-0.1, -0.05) is 0 Å². The summed E-state index contributed by atoms with van der Waals surface area (Å²) < 4.78 is 1.86. The summed E-state index contributed by atoms with van der Waals surface area (Å²) in [6.45, 7) is 0. The van der Waals surface area contributed by atoms with Crippen molar-refractivity contribution >= 4 is 11.3 Å². The Balaban J connectivity index is 2.14. The lowest BCUT2D eigenvalue weighted by molar-refractivity contribution is 0.872. The minimum atomic E-state index is 0.684. The Hall–Kier alpha value is -1.58. The summed E-state index contributed by atoms with van der Waals surface area (Å²) in [6, 6.07) is 2.69. The van der Waals surface area contributed by atoms with Crippen LogP contribution in [-0.2, 0) is 0 Å². The van der Waals surface area contributed by atoms with Crippen LogP contribution >= 0.6 is 0 Å². The quantitative estimate of drug-likeness (QED) is 0.712. The number of fused-ring (bicyclic) bond motifs is 1. The van der Waals surface area contributed by atoms with Crippen LogP contribution in [0.4, 0.5) is 5.82 Å². The molecule has 4 nitrogen and oxygen atoms in total. The molecule has 72 valence electrons. The van der Waals surface area contributed by atoms with Crippen molar-refractivity contribution in [2.75, 3.05) is 11.9 Å². The fourth-order valence-corrected chi connectivity index (χ4v) is 1.75. The predicted octanol–water partition coefficient (Wildman–Crippen LogP) is 1.33. The van der Waals surface area contributed by atoms with Gasteiger partial charge in [0, 0.05) is 25.5 Å². The van der Waals surface area contributed by atoms with E-state index in [1.807, 2.05) is 16.8 Å². The van der Waals surface area contributed by atoms with Gasteiger partial charge in [-0.25, -0.2) is 9.50 Å². The smallest absolute Gasteiger partial charge is 0.154 e. The van der Waals surface area contributed by atoms with E-state index in [1.54, 1.807) is 12.4 Å². The van der Waals surface area contributed by atoms with Gasteiger partial charge in [0.1, 0.15) is 5.52 Å². The van der Waals surface area contributed by atoms with Crippen molar-refractivity contribution < 1.29 is 0 Å². The summed E-state index contributed by atoms with van der Waals surface area (Å²) in [4.78, 5) is 6.65. The van der Waals surface area contributed by atoms with Gasteiger partial charge in [0.05, 0.1) is 6.20 Å². The van der Waals surface area contributed by atoms with Gasteiger partial charge in [-0.15, -0.1) is 0 Å². The lowest BCUT2D eigenvalue weighted by Gasteiger charge is -2.17. The average molecular weight is 188 g/mol. The second kappa shape index (κ2) is 2.70. The molecule has 0 atom stereocenters. The topological polar surface area (TPSA) is 33.4 Å². The zero-order valence-corrected chi connectivity index (χ0v) is 8.09. The van der Waals surface area contributed by atoms with Gasteiger partial charge in [-0.2, -0.15) is 5.10 Å². The first-order valence-electron chi connectivity index (χ1n) is 4.87. The van der Waals surface area contributed by atoms with Crippen LogP contribution in [0.1, 0.15) is 12.8 Å². The van der Waals surface area contributed by atoms with Gasteiger partial charge in [0.25, 0.3) is 0 Å². The third kappa shape index (κ3) is 1.07. The van der Waals surface area contributed by atoms with E-state index in [4.69, 9.17) is 0 Å². The maximum Gasteiger partial charge on any atom is 0.154 e. The Morgan fingerprint density at radius 3 is 3.07 bits per heavy atom. The second-order valence-corrected chi connectivity index (χ2v) is 3.75. The number of aromatic nitrogens is 3. The molecule has 0 N–H and O–H groups in total. The first kappa shape index (κ1) is 7.79. The first-order valence-corrected chi connectivity index (χ1v) is 4.87. The van der Waals surface area contributed by atoms with Gasteiger partial charge >= 0.3 is 0 Å². The first-order chi connectivity index (χ1) is 6.86. The Bertz CT molecular complexity index is 458. The van der Waals surface area contributed by atoms with Crippen LogP contribution in [0.15, 0.2) is 24.7 Å². The van der Waals surface area contributed by atoms with Crippen molar-refractivity contribution in [3.05, 3.63) is 24.7 Å². The lowest BCUT2D eigenvalue weighted by atomic mass is 10.4. The Labute approximate surface area is 82.2 Å². The molecule has 1 saturated carbocycles. The molecule has 2 aromatic rings. The van der Waals surface area contributed by atoms with E-state index >= 15 is 0 Å². The fourth-order valence-electron chi connectivity index (χ4n) is 1.75. The molecule has 1 aliphatic rings. The summed E-state index contributed by atoms with van der Waals surface area (Å²) >= 11 is 0. The summed E-state index contributed by atoms with van der Waals surface area (Å²) in [6.07, 6.45) is 8.05. The molecule has 3 rings (SSSR count). The largest absolute Gasteiger partial charge is 0.355 e. The van der Waals surface area contributed by atoms with Crippen LogP contribution in [0.5, 0.6) is 0 Å². The standard InChI is InChI=1S/C10H12N4/c1-13(8-2-3-8)10-9-4-5-12-14(9)7-6-11-10/h4-8H,2-3H2,1H3. The van der Waals surface area contributed by atoms with Gasteiger partial charge in [-0.3, -0.25) is 0 Å². The maximum absolute atomic E-state index is 4.41. The number of hydrogen-bond acceptors (Lipinski definition) is 3. The van der Waals surface area contributed by atoms with E-state index in [0.29, 0.717) is 6.04 Å². The van der Waals surface area contributed by atoms with E-state index in [-0.39, 0.29) is 0 Å². The Morgan fingerprint density at radius 1 is 1.43 bits per heavy atom. The van der Waals surface area contributed by atoms with Crippen molar-refractivity contribution in [2.45, 2.75) is 18.9 Å². The monoisotopic (exact) mass is 188 g/mol. The molecule has 0 bridgehead atoms. The van der Waals surface area contributed by atoms with Gasteiger partial charge < -0.3 is 4.90 Å². The summed E-state index contributed by atoms with van der Waals surface area (Å²) in [7, 11) is 2.10. The molecule has 2 heterocycles. The molecule has 0 saturated heterocycles. The summed E-state index contributed by atoms with van der Waals surface area (Å²) in [5.74, 6) is 1.03. The van der Waals surface area contributed by atoms with Crippen LogP contribution in [-0.4, -0.2) is 27.7 Å². The number of anilines is 1. The zero-order chi connectivity index (χ0) is 9.54. The number of hydrogen-bond donors (Lipinski definition) is 0. The average Bonchev–Trinajstić information content (AvgIpc) is 2.94. The van der Waals surface area contributed by atoms with E-state index in [2.05, 4.69) is 22.0 Å². The van der Waals surface area contributed by atoms with Crippen molar-refractivity contribution in [1.82, 2.24) is 14.6 Å². The Morgan fingerprint density at radius 2 is 2.29 bits per heavy atom. The molecule has 0 amide bonds. The van der Waals surface area contributed by atoms with Crippen LogP contribution in [0, 0.1) is 0 Å². The summed E-state index contributed by atoms with van der Waals surface area (Å²) in [5.41, 5.74) is 1.09. The minimum absolute atomic E-state index is 0.684. The molecule has 1 fully saturated rings. The van der Waals surface area contributed by atoms with Crippen molar-refractivity contribution in [3.63, 3.8) is 0 Å². The number of rotatable bonds is 2. The minimum Gasteiger partial charge on any atom is -0.355 e. The highest BCUT2D eigenvalue weighted by molar-refractivity contribution is 5.68. The third-order valence-corrected chi connectivity index (χ3v) is 2.73. The molecular formula is C10H12N4. The molecule has 4 heteroatoms. The van der Waals surface area contributed by atoms with E-state index in [0.717, 1.165) is 11.3 Å². The highest BCUT2D eigenvalue weighted by atomic mass is 15.3. The van der Waals surface area contributed by atoms with Crippen molar-refractivity contribution in [1.29, 1.82) is 0 Å². The SMILES string of the molecule is CN(c1nccn2nccc12)C1CC1. The van der Waals surface area contributed by atoms with Crippen LogP contribution in [0.25, 0.3) is 5.52 Å². The highest BCUT2D eigenvalue weighted by Gasteiger charge is 2.28. The molecule has 0 spiro atoms. The van der Waals surface area contributed by atoms with E-state index in [1.165, 1.54) is 12.8 Å². The predicted molar refractivity (Wildman–Crippen MR) is 54.4 cm³/mol. The molecular weight excluding hydrogens is 176 g/mol.